The topological polar surface area (TPSA) is 113 Å². The van der Waals surface area contributed by atoms with Gasteiger partial charge in [-0.2, -0.15) is 0 Å². The molecular formula is C23H17N5O3S. The number of imidazole rings is 1. The second-order valence-corrected chi connectivity index (χ2v) is 7.22. The number of thiocarbonyl (C=S) groups is 1. The van der Waals surface area contributed by atoms with E-state index in [0.29, 0.717) is 11.3 Å². The van der Waals surface area contributed by atoms with Crippen LogP contribution in [0.3, 0.4) is 0 Å². The molecule has 1 amide bonds. The van der Waals surface area contributed by atoms with E-state index in [2.05, 4.69) is 20.6 Å². The molecule has 3 aromatic carbocycles. The maximum atomic E-state index is 12.1. The normalized spacial score (nSPS) is 10.9. The van der Waals surface area contributed by atoms with Crippen LogP contribution in [-0.2, 0) is 4.79 Å². The third-order valence-electron chi connectivity index (χ3n) is 4.55. The molecule has 0 radical (unpaired) electrons. The number of amides is 1. The molecule has 3 N–H and O–H groups in total. The Bertz CT molecular complexity index is 1310. The van der Waals surface area contributed by atoms with Crippen LogP contribution < -0.4 is 10.6 Å². The third-order valence-corrected chi connectivity index (χ3v) is 4.75. The second kappa shape index (κ2) is 9.19. The quantitative estimate of drug-likeness (QED) is 0.179. The molecule has 4 aromatic rings. The molecule has 0 bridgehead atoms. The summed E-state index contributed by atoms with van der Waals surface area (Å²) in [5, 5.41) is 16.4. The number of nitro benzene ring substituents is 1. The van der Waals surface area contributed by atoms with E-state index in [1.807, 2.05) is 48.5 Å². The van der Waals surface area contributed by atoms with Gasteiger partial charge >= 0.3 is 0 Å². The maximum absolute atomic E-state index is 12.1. The van der Waals surface area contributed by atoms with E-state index in [9.17, 15) is 14.9 Å². The Hall–Kier alpha value is -4.37. The van der Waals surface area contributed by atoms with Crippen LogP contribution in [0.2, 0.25) is 0 Å². The van der Waals surface area contributed by atoms with E-state index < -0.39 is 10.8 Å². The zero-order valence-corrected chi connectivity index (χ0v) is 17.4. The van der Waals surface area contributed by atoms with Crippen molar-refractivity contribution >= 4 is 51.7 Å². The smallest absolute Gasteiger partial charge is 0.270 e. The van der Waals surface area contributed by atoms with Crippen LogP contribution in [0, 0.1) is 10.1 Å². The number of H-pyrrole nitrogens is 1. The van der Waals surface area contributed by atoms with Gasteiger partial charge in [0.2, 0.25) is 5.91 Å². The Morgan fingerprint density at radius 2 is 1.84 bits per heavy atom. The lowest BCUT2D eigenvalue weighted by Crippen LogP contribution is -2.32. The summed E-state index contributed by atoms with van der Waals surface area (Å²) in [4.78, 5) is 30.3. The Labute approximate surface area is 188 Å². The number of nitro groups is 1. The molecule has 0 unspecified atom stereocenters. The van der Waals surface area contributed by atoms with Gasteiger partial charge in [0.15, 0.2) is 5.11 Å². The number of aromatic nitrogens is 2. The number of aromatic amines is 1. The predicted octanol–water partition coefficient (Wildman–Crippen LogP) is 4.66. The van der Waals surface area contributed by atoms with Crippen LogP contribution in [0.4, 0.5) is 11.4 Å². The first kappa shape index (κ1) is 20.9. The number of nitrogens with one attached hydrogen (secondary N) is 3. The van der Waals surface area contributed by atoms with Gasteiger partial charge in [0.25, 0.3) is 5.69 Å². The van der Waals surface area contributed by atoms with E-state index in [0.717, 1.165) is 22.4 Å². The first-order valence-corrected chi connectivity index (χ1v) is 9.98. The molecule has 1 aromatic heterocycles. The van der Waals surface area contributed by atoms with Gasteiger partial charge in [-0.05, 0) is 60.3 Å². The van der Waals surface area contributed by atoms with Gasteiger partial charge < -0.3 is 10.3 Å². The van der Waals surface area contributed by atoms with E-state index in [1.165, 1.54) is 24.3 Å². The van der Waals surface area contributed by atoms with Crippen molar-refractivity contribution < 1.29 is 9.72 Å². The Kier molecular flexibility index (Phi) is 6.00. The molecule has 0 fully saturated rings. The van der Waals surface area contributed by atoms with Gasteiger partial charge in [0.1, 0.15) is 5.82 Å². The maximum Gasteiger partial charge on any atom is 0.270 e. The Morgan fingerprint density at radius 3 is 2.59 bits per heavy atom. The number of carbonyl (C=O) groups is 1. The van der Waals surface area contributed by atoms with Crippen molar-refractivity contribution in [2.45, 2.75) is 0 Å². The minimum absolute atomic E-state index is 0.0455. The summed E-state index contributed by atoms with van der Waals surface area (Å²) in [5.41, 5.74) is 3.98. The highest BCUT2D eigenvalue weighted by molar-refractivity contribution is 7.80. The zero-order valence-electron chi connectivity index (χ0n) is 16.6. The fraction of sp³-hybridized carbons (Fsp3) is 0. The minimum Gasteiger partial charge on any atom is -0.338 e. The van der Waals surface area contributed by atoms with E-state index in [1.54, 1.807) is 12.1 Å². The third kappa shape index (κ3) is 5.02. The number of carbonyl (C=O) groups excluding carboxylic acids is 1. The first-order chi connectivity index (χ1) is 15.5. The molecule has 0 aliphatic carbocycles. The van der Waals surface area contributed by atoms with Gasteiger partial charge in [0.05, 0.1) is 16.0 Å². The fourth-order valence-corrected chi connectivity index (χ4v) is 3.25. The Morgan fingerprint density at radius 1 is 1.06 bits per heavy atom. The molecular weight excluding hydrogens is 426 g/mol. The highest BCUT2D eigenvalue weighted by atomic mass is 32.1. The van der Waals surface area contributed by atoms with Crippen molar-refractivity contribution in [2.75, 3.05) is 5.32 Å². The molecule has 158 valence electrons. The molecule has 8 nitrogen and oxygen atoms in total. The number of anilines is 1. The van der Waals surface area contributed by atoms with E-state index in [-0.39, 0.29) is 10.8 Å². The molecule has 32 heavy (non-hydrogen) atoms. The average molecular weight is 443 g/mol. The summed E-state index contributed by atoms with van der Waals surface area (Å²) >= 11 is 5.18. The second-order valence-electron chi connectivity index (χ2n) is 6.81. The molecule has 0 saturated carbocycles. The van der Waals surface area contributed by atoms with E-state index in [4.69, 9.17) is 12.2 Å². The summed E-state index contributed by atoms with van der Waals surface area (Å²) in [6.45, 7) is 0. The van der Waals surface area contributed by atoms with Crippen molar-refractivity contribution in [2.24, 2.45) is 0 Å². The van der Waals surface area contributed by atoms with Crippen LogP contribution in [0.25, 0.3) is 28.5 Å². The van der Waals surface area contributed by atoms with Gasteiger partial charge in [-0.15, -0.1) is 0 Å². The molecule has 9 heteroatoms. The highest BCUT2D eigenvalue weighted by Gasteiger charge is 2.07. The fourth-order valence-electron chi connectivity index (χ4n) is 3.03. The van der Waals surface area contributed by atoms with Crippen LogP contribution in [0.1, 0.15) is 5.56 Å². The van der Waals surface area contributed by atoms with Crippen molar-refractivity contribution in [1.82, 2.24) is 15.3 Å². The van der Waals surface area contributed by atoms with E-state index >= 15 is 0 Å². The summed E-state index contributed by atoms with van der Waals surface area (Å²) < 4.78 is 0. The molecule has 0 aliphatic heterocycles. The molecule has 0 atom stereocenters. The average Bonchev–Trinajstić information content (AvgIpc) is 3.22. The first-order valence-electron chi connectivity index (χ1n) is 9.57. The molecule has 0 spiro atoms. The van der Waals surface area contributed by atoms with Crippen molar-refractivity contribution in [1.29, 1.82) is 0 Å². The number of hydrogen-bond donors (Lipinski definition) is 3. The van der Waals surface area contributed by atoms with Gasteiger partial charge in [0, 0.05) is 29.5 Å². The lowest BCUT2D eigenvalue weighted by atomic mass is 10.2. The minimum atomic E-state index is -0.490. The Balaban J connectivity index is 1.35. The van der Waals surface area contributed by atoms with Gasteiger partial charge in [-0.3, -0.25) is 20.2 Å². The highest BCUT2D eigenvalue weighted by Crippen LogP contribution is 2.22. The lowest BCUT2D eigenvalue weighted by Gasteiger charge is -2.08. The summed E-state index contributed by atoms with van der Waals surface area (Å²) in [6, 6.07) is 21.2. The van der Waals surface area contributed by atoms with Crippen LogP contribution in [0.15, 0.2) is 78.9 Å². The van der Waals surface area contributed by atoms with Crippen LogP contribution in [0.5, 0.6) is 0 Å². The number of fused-ring (bicyclic) bond motifs is 1. The number of nitrogens with zero attached hydrogens (tertiary/aromatic N) is 2. The van der Waals surface area contributed by atoms with Gasteiger partial charge in [-0.1, -0.05) is 24.3 Å². The summed E-state index contributed by atoms with van der Waals surface area (Å²) in [6.07, 6.45) is 2.74. The number of non-ortho nitro benzene ring substituents is 1. The number of para-hydroxylation sites is 2. The molecule has 0 aliphatic rings. The number of rotatable bonds is 5. The standard InChI is InChI=1S/C23H17N5O3S/c29-21(13-8-15-4-3-5-18(14-15)28(30)31)27-23(32)24-17-11-9-16(10-12-17)22-25-19-6-1-2-7-20(19)26-22/h1-14H,(H,25,26)(H2,24,27,29,32)/b13-8+. The van der Waals surface area contributed by atoms with Crippen molar-refractivity contribution in [3.8, 4) is 11.4 Å². The molecule has 0 saturated heterocycles. The predicted molar refractivity (Wildman–Crippen MR) is 128 cm³/mol. The monoisotopic (exact) mass is 443 g/mol. The van der Waals surface area contributed by atoms with Crippen LogP contribution in [-0.4, -0.2) is 25.9 Å². The van der Waals surface area contributed by atoms with Gasteiger partial charge in [-0.25, -0.2) is 4.98 Å². The largest absolute Gasteiger partial charge is 0.338 e. The number of benzene rings is 3. The SMILES string of the molecule is O=C(/C=C/c1cccc([N+](=O)[O-])c1)NC(=S)Nc1ccc(-c2nc3ccccc3[nH]2)cc1. The lowest BCUT2D eigenvalue weighted by molar-refractivity contribution is -0.384. The molecule has 4 rings (SSSR count). The van der Waals surface area contributed by atoms with Crippen LogP contribution >= 0.6 is 12.2 Å². The molecule has 1 heterocycles. The van der Waals surface area contributed by atoms with Crippen molar-refractivity contribution in [3.63, 3.8) is 0 Å². The summed E-state index contributed by atoms with van der Waals surface area (Å²) in [5.74, 6) is 0.313. The summed E-state index contributed by atoms with van der Waals surface area (Å²) in [7, 11) is 0. The zero-order chi connectivity index (χ0) is 22.5. The van der Waals surface area contributed by atoms with Crippen molar-refractivity contribution in [3.05, 3.63) is 94.6 Å². The number of hydrogen-bond acceptors (Lipinski definition) is 5.